The van der Waals surface area contributed by atoms with Crippen molar-refractivity contribution < 1.29 is 19.1 Å². The average molecular weight is 292 g/mol. The number of fused-ring (bicyclic) bond motifs is 1. The third-order valence-electron chi connectivity index (χ3n) is 7.21. The van der Waals surface area contributed by atoms with Gasteiger partial charge in [-0.3, -0.25) is 9.59 Å². The zero-order valence-electron chi connectivity index (χ0n) is 13.1. The predicted octanol–water partition coefficient (Wildman–Crippen LogP) is 2.84. The molecule has 2 saturated heterocycles. The summed E-state index contributed by atoms with van der Waals surface area (Å²) in [5.41, 5.74) is -0.915. The molecule has 1 spiro atoms. The summed E-state index contributed by atoms with van der Waals surface area (Å²) in [5.74, 6) is 0.341. The highest BCUT2D eigenvalue weighted by Crippen LogP contribution is 2.68. The molecule has 4 aliphatic rings. The SMILES string of the molecule is C[C@H]1C[C@@H]2OC(=O)[C@]3(C)CCC[C@](C)([C@H]23)[C@]12CCC(=O)O2. The van der Waals surface area contributed by atoms with Gasteiger partial charge in [-0.05, 0) is 32.6 Å². The highest BCUT2D eigenvalue weighted by molar-refractivity contribution is 5.80. The standard InChI is InChI=1S/C17H24O4/c1-10-9-11-13-15(2,14(19)20-11)6-4-7-16(13,3)17(10)8-5-12(18)21-17/h10-11,13H,4-9H2,1-3H3/t10-,11-,13+,15+,16+,17-/m0/s1. The fourth-order valence-corrected chi connectivity index (χ4v) is 6.33. The summed E-state index contributed by atoms with van der Waals surface area (Å²) in [5, 5.41) is 0. The molecule has 0 radical (unpaired) electrons. The van der Waals surface area contributed by atoms with E-state index in [0.29, 0.717) is 6.42 Å². The second-order valence-electron chi connectivity index (χ2n) is 8.11. The summed E-state index contributed by atoms with van der Waals surface area (Å²) in [4.78, 5) is 24.3. The molecular formula is C17H24O4. The second-order valence-corrected chi connectivity index (χ2v) is 8.11. The van der Waals surface area contributed by atoms with Gasteiger partial charge in [0.2, 0.25) is 0 Å². The number of hydrogen-bond donors (Lipinski definition) is 0. The van der Waals surface area contributed by atoms with Crippen LogP contribution >= 0.6 is 0 Å². The molecule has 0 amide bonds. The lowest BCUT2D eigenvalue weighted by molar-refractivity contribution is -0.219. The third-order valence-corrected chi connectivity index (χ3v) is 7.21. The Hall–Kier alpha value is -1.06. The molecule has 4 rings (SSSR count). The molecule has 0 unspecified atom stereocenters. The number of carbonyl (C=O) groups is 2. The van der Waals surface area contributed by atoms with Crippen LogP contribution in [0.15, 0.2) is 0 Å². The van der Waals surface area contributed by atoms with Gasteiger partial charge in [-0.2, -0.15) is 0 Å². The van der Waals surface area contributed by atoms with E-state index in [4.69, 9.17) is 9.47 Å². The maximum absolute atomic E-state index is 12.5. The summed E-state index contributed by atoms with van der Waals surface area (Å²) >= 11 is 0. The molecule has 4 heteroatoms. The number of esters is 2. The van der Waals surface area contributed by atoms with Gasteiger partial charge in [0, 0.05) is 23.7 Å². The van der Waals surface area contributed by atoms with E-state index in [1.54, 1.807) is 0 Å². The lowest BCUT2D eigenvalue weighted by Crippen LogP contribution is -2.64. The van der Waals surface area contributed by atoms with Crippen LogP contribution in [-0.2, 0) is 19.1 Å². The Bertz CT molecular complexity index is 529. The van der Waals surface area contributed by atoms with Gasteiger partial charge >= 0.3 is 11.9 Å². The molecule has 116 valence electrons. The molecule has 2 saturated carbocycles. The van der Waals surface area contributed by atoms with Crippen LogP contribution in [0.3, 0.4) is 0 Å². The summed E-state index contributed by atoms with van der Waals surface area (Å²) in [6.45, 7) is 6.48. The van der Waals surface area contributed by atoms with Crippen molar-refractivity contribution in [2.75, 3.05) is 0 Å². The Kier molecular flexibility index (Phi) is 2.47. The number of ether oxygens (including phenoxy) is 2. The van der Waals surface area contributed by atoms with Gasteiger partial charge in [0.05, 0.1) is 5.41 Å². The maximum atomic E-state index is 12.5. The lowest BCUT2D eigenvalue weighted by atomic mass is 9.44. The van der Waals surface area contributed by atoms with Crippen LogP contribution in [0.4, 0.5) is 0 Å². The molecule has 2 aliphatic heterocycles. The molecule has 6 atom stereocenters. The number of carbonyl (C=O) groups excluding carboxylic acids is 2. The van der Waals surface area contributed by atoms with Crippen molar-refractivity contribution >= 4 is 11.9 Å². The Labute approximate surface area is 125 Å². The van der Waals surface area contributed by atoms with E-state index in [0.717, 1.165) is 32.1 Å². The van der Waals surface area contributed by atoms with Crippen molar-refractivity contribution in [3.05, 3.63) is 0 Å². The number of hydrogen-bond acceptors (Lipinski definition) is 4. The van der Waals surface area contributed by atoms with Crippen molar-refractivity contribution in [1.82, 2.24) is 0 Å². The fraction of sp³-hybridized carbons (Fsp3) is 0.882. The molecular weight excluding hydrogens is 268 g/mol. The Morgan fingerprint density at radius 2 is 1.90 bits per heavy atom. The van der Waals surface area contributed by atoms with E-state index < -0.39 is 0 Å². The van der Waals surface area contributed by atoms with Crippen molar-refractivity contribution in [1.29, 1.82) is 0 Å². The molecule has 2 heterocycles. The second kappa shape index (κ2) is 3.82. The molecule has 0 aromatic carbocycles. The van der Waals surface area contributed by atoms with Gasteiger partial charge in [0.1, 0.15) is 11.7 Å². The monoisotopic (exact) mass is 292 g/mol. The largest absolute Gasteiger partial charge is 0.462 e. The molecule has 0 aromatic rings. The van der Waals surface area contributed by atoms with Crippen molar-refractivity contribution in [3.63, 3.8) is 0 Å². The molecule has 0 N–H and O–H groups in total. The van der Waals surface area contributed by atoms with E-state index in [9.17, 15) is 9.59 Å². The van der Waals surface area contributed by atoms with E-state index in [1.807, 2.05) is 0 Å². The van der Waals surface area contributed by atoms with Gasteiger partial charge in [-0.25, -0.2) is 0 Å². The van der Waals surface area contributed by atoms with Crippen LogP contribution in [0.25, 0.3) is 0 Å². The van der Waals surface area contributed by atoms with Crippen LogP contribution in [-0.4, -0.2) is 23.6 Å². The topological polar surface area (TPSA) is 52.6 Å². The van der Waals surface area contributed by atoms with E-state index in [2.05, 4.69) is 20.8 Å². The van der Waals surface area contributed by atoms with Gasteiger partial charge in [-0.1, -0.05) is 20.3 Å². The van der Waals surface area contributed by atoms with Crippen LogP contribution in [0.5, 0.6) is 0 Å². The van der Waals surface area contributed by atoms with Crippen LogP contribution in [0, 0.1) is 22.7 Å². The summed E-state index contributed by atoms with van der Waals surface area (Å²) in [6, 6.07) is 0. The first-order valence-corrected chi connectivity index (χ1v) is 8.26. The predicted molar refractivity (Wildman–Crippen MR) is 75.3 cm³/mol. The van der Waals surface area contributed by atoms with E-state index >= 15 is 0 Å². The molecule has 0 bridgehead atoms. The normalized spacial score (nSPS) is 55.3. The first-order chi connectivity index (χ1) is 9.83. The minimum atomic E-state index is -0.389. The summed E-state index contributed by atoms with van der Waals surface area (Å²) in [6.07, 6.45) is 5.10. The molecule has 0 aromatic heterocycles. The molecule has 2 aliphatic carbocycles. The van der Waals surface area contributed by atoms with Crippen molar-refractivity contribution in [2.45, 2.75) is 71.0 Å². The highest BCUT2D eigenvalue weighted by atomic mass is 16.6. The lowest BCUT2D eigenvalue weighted by Gasteiger charge is -2.60. The fourth-order valence-electron chi connectivity index (χ4n) is 6.33. The quantitative estimate of drug-likeness (QED) is 0.644. The molecule has 4 nitrogen and oxygen atoms in total. The maximum Gasteiger partial charge on any atom is 0.312 e. The van der Waals surface area contributed by atoms with E-state index in [1.165, 1.54) is 0 Å². The van der Waals surface area contributed by atoms with Gasteiger partial charge < -0.3 is 9.47 Å². The zero-order valence-corrected chi connectivity index (χ0v) is 13.1. The minimum Gasteiger partial charge on any atom is -0.462 e. The Morgan fingerprint density at radius 3 is 2.57 bits per heavy atom. The summed E-state index contributed by atoms with van der Waals surface area (Å²) < 4.78 is 11.7. The molecule has 21 heavy (non-hydrogen) atoms. The van der Waals surface area contributed by atoms with Gasteiger partial charge in [-0.15, -0.1) is 0 Å². The van der Waals surface area contributed by atoms with Gasteiger partial charge in [0.15, 0.2) is 0 Å². The first-order valence-electron chi connectivity index (χ1n) is 8.26. The van der Waals surface area contributed by atoms with Crippen LogP contribution in [0.2, 0.25) is 0 Å². The highest BCUT2D eigenvalue weighted by Gasteiger charge is 2.73. The average Bonchev–Trinajstić information content (AvgIpc) is 2.90. The number of rotatable bonds is 0. The smallest absolute Gasteiger partial charge is 0.312 e. The molecule has 4 fully saturated rings. The summed E-state index contributed by atoms with van der Waals surface area (Å²) in [7, 11) is 0. The Morgan fingerprint density at radius 1 is 1.14 bits per heavy atom. The van der Waals surface area contributed by atoms with E-state index in [-0.39, 0.29) is 46.3 Å². The van der Waals surface area contributed by atoms with Crippen molar-refractivity contribution in [3.8, 4) is 0 Å². The van der Waals surface area contributed by atoms with Gasteiger partial charge in [0.25, 0.3) is 0 Å². The third kappa shape index (κ3) is 1.37. The van der Waals surface area contributed by atoms with Crippen LogP contribution < -0.4 is 0 Å². The minimum absolute atomic E-state index is 0.00715. The Balaban J connectivity index is 1.86. The van der Waals surface area contributed by atoms with Crippen LogP contribution in [0.1, 0.15) is 59.3 Å². The zero-order chi connectivity index (χ0) is 15.0. The van der Waals surface area contributed by atoms with Crippen molar-refractivity contribution in [2.24, 2.45) is 22.7 Å². The first kappa shape index (κ1) is 13.6.